The fourth-order valence-corrected chi connectivity index (χ4v) is 4.58. The Hall–Kier alpha value is -1.05. The smallest absolute Gasteiger partial charge is 0.205 e. The van der Waals surface area contributed by atoms with E-state index < -0.39 is 0 Å². The molecule has 0 aromatic carbocycles. The molecule has 0 spiro atoms. The molecule has 0 saturated heterocycles. The minimum Gasteiger partial charge on any atom is -0.384 e. The molecule has 0 amide bonds. The summed E-state index contributed by atoms with van der Waals surface area (Å²) >= 11 is 3.30. The van der Waals surface area contributed by atoms with E-state index in [1.54, 1.807) is 7.11 Å². The molecular weight excluding hydrogens is 304 g/mol. The maximum Gasteiger partial charge on any atom is 0.205 e. The normalized spacial score (nSPS) is 17.8. The number of nitrogens with zero attached hydrogens (tertiary/aromatic N) is 4. The fraction of sp³-hybridized carbons (Fsp3) is 0.643. The van der Waals surface area contributed by atoms with Crippen molar-refractivity contribution in [2.75, 3.05) is 25.7 Å². The first-order valence-electron chi connectivity index (χ1n) is 7.19. The van der Waals surface area contributed by atoms with Crippen LogP contribution in [0.4, 0.5) is 5.13 Å². The second-order valence-corrected chi connectivity index (χ2v) is 7.26. The predicted molar refractivity (Wildman–Crippen MR) is 86.4 cm³/mol. The van der Waals surface area contributed by atoms with Gasteiger partial charge in [0.2, 0.25) is 5.13 Å². The molecule has 0 fully saturated rings. The first kappa shape index (κ1) is 14.9. The Labute approximate surface area is 133 Å². The quantitative estimate of drug-likeness (QED) is 0.846. The summed E-state index contributed by atoms with van der Waals surface area (Å²) in [6.45, 7) is 2.76. The van der Waals surface area contributed by atoms with Crippen LogP contribution in [-0.2, 0) is 17.6 Å². The van der Waals surface area contributed by atoms with Gasteiger partial charge in [0.1, 0.15) is 5.82 Å². The van der Waals surface area contributed by atoms with Gasteiger partial charge in [-0.05, 0) is 26.2 Å². The first-order chi connectivity index (χ1) is 10.2. The SMILES string of the molecule is COCCc1nsc(N(C)C2CCCc3nc(C)sc32)n1. The van der Waals surface area contributed by atoms with E-state index in [2.05, 4.69) is 33.2 Å². The molecule has 2 aromatic rings. The molecular formula is C14H20N4OS2. The Balaban J connectivity index is 1.79. The second-order valence-electron chi connectivity index (χ2n) is 5.30. The summed E-state index contributed by atoms with van der Waals surface area (Å²) in [4.78, 5) is 13.0. The van der Waals surface area contributed by atoms with Crippen molar-refractivity contribution in [3.05, 3.63) is 21.4 Å². The zero-order valence-corrected chi connectivity index (χ0v) is 14.3. The van der Waals surface area contributed by atoms with Crippen LogP contribution in [0.25, 0.3) is 0 Å². The van der Waals surface area contributed by atoms with Gasteiger partial charge in [0.15, 0.2) is 0 Å². The molecule has 3 rings (SSSR count). The molecule has 2 heterocycles. The Bertz CT molecular complexity index is 610. The van der Waals surface area contributed by atoms with Gasteiger partial charge < -0.3 is 9.64 Å². The van der Waals surface area contributed by atoms with Gasteiger partial charge in [0.25, 0.3) is 0 Å². The van der Waals surface area contributed by atoms with Crippen LogP contribution in [-0.4, -0.2) is 35.1 Å². The minimum atomic E-state index is 0.392. The number of aromatic nitrogens is 3. The van der Waals surface area contributed by atoms with Crippen molar-refractivity contribution in [2.45, 2.75) is 38.6 Å². The third-order valence-electron chi connectivity index (χ3n) is 3.78. The topological polar surface area (TPSA) is 51.1 Å². The molecule has 0 bridgehead atoms. The van der Waals surface area contributed by atoms with E-state index in [-0.39, 0.29) is 0 Å². The largest absolute Gasteiger partial charge is 0.384 e. The molecule has 1 aliphatic carbocycles. The molecule has 0 saturated carbocycles. The Kier molecular flexibility index (Phi) is 4.51. The van der Waals surface area contributed by atoms with Gasteiger partial charge in [-0.2, -0.15) is 4.37 Å². The summed E-state index contributed by atoms with van der Waals surface area (Å²) in [5.41, 5.74) is 1.28. The number of hydrogen-bond acceptors (Lipinski definition) is 7. The maximum atomic E-state index is 5.09. The number of hydrogen-bond donors (Lipinski definition) is 0. The van der Waals surface area contributed by atoms with E-state index >= 15 is 0 Å². The first-order valence-corrected chi connectivity index (χ1v) is 8.78. The van der Waals surface area contributed by atoms with Gasteiger partial charge in [-0.25, -0.2) is 9.97 Å². The standard InChI is InChI=1S/C14H20N4OS2/c1-9-15-10-5-4-6-11(13(10)20-9)18(2)14-16-12(17-21-14)7-8-19-3/h11H,4-8H2,1-3H3. The van der Waals surface area contributed by atoms with Crippen molar-refractivity contribution in [2.24, 2.45) is 0 Å². The van der Waals surface area contributed by atoms with Gasteiger partial charge in [-0.3, -0.25) is 0 Å². The average molecular weight is 324 g/mol. The summed E-state index contributed by atoms with van der Waals surface area (Å²) in [6, 6.07) is 0.392. The van der Waals surface area contributed by atoms with E-state index in [0.717, 1.165) is 30.2 Å². The third kappa shape index (κ3) is 3.09. The lowest BCUT2D eigenvalue weighted by atomic mass is 9.97. The van der Waals surface area contributed by atoms with Crippen LogP contribution in [0.3, 0.4) is 0 Å². The van der Waals surface area contributed by atoms with Crippen molar-refractivity contribution in [1.29, 1.82) is 0 Å². The number of anilines is 1. The molecule has 21 heavy (non-hydrogen) atoms. The zero-order valence-electron chi connectivity index (χ0n) is 12.6. The van der Waals surface area contributed by atoms with Crippen LogP contribution >= 0.6 is 22.9 Å². The predicted octanol–water partition coefficient (Wildman–Crippen LogP) is 3.01. The van der Waals surface area contributed by atoms with Crippen molar-refractivity contribution < 1.29 is 4.74 Å². The van der Waals surface area contributed by atoms with Gasteiger partial charge in [0.05, 0.1) is 28.2 Å². The Morgan fingerprint density at radius 2 is 2.24 bits per heavy atom. The van der Waals surface area contributed by atoms with Gasteiger partial charge in [0, 0.05) is 32.1 Å². The molecule has 1 aliphatic rings. The molecule has 2 aromatic heterocycles. The number of aryl methyl sites for hydroxylation is 2. The summed E-state index contributed by atoms with van der Waals surface area (Å²) in [7, 11) is 3.82. The fourth-order valence-electron chi connectivity index (χ4n) is 2.71. The number of rotatable bonds is 5. The van der Waals surface area contributed by atoms with E-state index in [9.17, 15) is 0 Å². The highest BCUT2D eigenvalue weighted by molar-refractivity contribution is 7.12. The summed E-state index contributed by atoms with van der Waals surface area (Å²) in [5, 5.41) is 2.16. The van der Waals surface area contributed by atoms with Gasteiger partial charge in [-0.1, -0.05) is 0 Å². The highest BCUT2D eigenvalue weighted by atomic mass is 32.1. The highest BCUT2D eigenvalue weighted by Gasteiger charge is 2.28. The van der Waals surface area contributed by atoms with E-state index in [1.165, 1.54) is 33.5 Å². The van der Waals surface area contributed by atoms with E-state index in [0.29, 0.717) is 12.6 Å². The van der Waals surface area contributed by atoms with Crippen LogP contribution in [0, 0.1) is 6.92 Å². The molecule has 5 nitrogen and oxygen atoms in total. The van der Waals surface area contributed by atoms with Crippen molar-refractivity contribution in [3.63, 3.8) is 0 Å². The molecule has 114 valence electrons. The molecule has 0 radical (unpaired) electrons. The molecule has 1 atom stereocenters. The van der Waals surface area contributed by atoms with Crippen LogP contribution < -0.4 is 4.90 Å². The van der Waals surface area contributed by atoms with Crippen LogP contribution in [0.5, 0.6) is 0 Å². The van der Waals surface area contributed by atoms with Crippen molar-refractivity contribution >= 4 is 28.0 Å². The summed E-state index contributed by atoms with van der Waals surface area (Å²) in [6.07, 6.45) is 4.24. The number of ether oxygens (including phenoxy) is 1. The number of methoxy groups -OCH3 is 1. The lowest BCUT2D eigenvalue weighted by molar-refractivity contribution is 0.201. The number of thiazole rings is 1. The average Bonchev–Trinajstić information content (AvgIpc) is 3.09. The summed E-state index contributed by atoms with van der Waals surface area (Å²) < 4.78 is 9.51. The third-order valence-corrected chi connectivity index (χ3v) is 5.74. The minimum absolute atomic E-state index is 0.392. The van der Waals surface area contributed by atoms with Crippen molar-refractivity contribution in [3.8, 4) is 0 Å². The number of fused-ring (bicyclic) bond motifs is 1. The summed E-state index contributed by atoms with van der Waals surface area (Å²) in [5.74, 6) is 0.875. The van der Waals surface area contributed by atoms with Crippen LogP contribution in [0.15, 0.2) is 0 Å². The molecule has 0 N–H and O–H groups in total. The Morgan fingerprint density at radius 3 is 3.05 bits per heavy atom. The lowest BCUT2D eigenvalue weighted by Crippen LogP contribution is -2.26. The molecule has 0 aliphatic heterocycles. The van der Waals surface area contributed by atoms with Crippen LogP contribution in [0.1, 0.15) is 40.3 Å². The van der Waals surface area contributed by atoms with Crippen LogP contribution in [0.2, 0.25) is 0 Å². The second kappa shape index (κ2) is 6.37. The lowest BCUT2D eigenvalue weighted by Gasteiger charge is -2.30. The van der Waals surface area contributed by atoms with Crippen molar-refractivity contribution in [1.82, 2.24) is 14.3 Å². The Morgan fingerprint density at radius 1 is 1.38 bits per heavy atom. The van der Waals surface area contributed by atoms with E-state index in [1.807, 2.05) is 11.3 Å². The molecule has 1 unspecified atom stereocenters. The highest BCUT2D eigenvalue weighted by Crippen LogP contribution is 2.39. The van der Waals surface area contributed by atoms with Gasteiger partial charge in [-0.15, -0.1) is 11.3 Å². The maximum absolute atomic E-state index is 5.09. The zero-order chi connectivity index (χ0) is 14.8. The van der Waals surface area contributed by atoms with Gasteiger partial charge >= 0.3 is 0 Å². The monoisotopic (exact) mass is 324 g/mol. The molecule has 7 heteroatoms. The van der Waals surface area contributed by atoms with E-state index in [4.69, 9.17) is 4.74 Å².